The molecule has 3 nitrogen and oxygen atoms in total. The van der Waals surface area contributed by atoms with Crippen LogP contribution in [0.2, 0.25) is 0 Å². The van der Waals surface area contributed by atoms with Gasteiger partial charge in [-0.3, -0.25) is 4.79 Å². The van der Waals surface area contributed by atoms with Gasteiger partial charge < -0.3 is 10.2 Å². The molecule has 0 aromatic carbocycles. The highest BCUT2D eigenvalue weighted by atomic mass is 35.5. The van der Waals surface area contributed by atoms with Crippen LogP contribution in [0.5, 0.6) is 0 Å². The number of likely N-dealkylation sites (tertiary alicyclic amines) is 1. The molecular weight excluding hydrogens is 224 g/mol. The lowest BCUT2D eigenvalue weighted by Gasteiger charge is -2.30. The summed E-state index contributed by atoms with van der Waals surface area (Å²) < 4.78 is 0. The van der Waals surface area contributed by atoms with Crippen molar-refractivity contribution in [1.29, 1.82) is 0 Å². The van der Waals surface area contributed by atoms with Crippen molar-refractivity contribution in [3.63, 3.8) is 0 Å². The van der Waals surface area contributed by atoms with Crippen LogP contribution in [0.3, 0.4) is 0 Å². The first-order valence-corrected chi connectivity index (χ1v) is 6.73. The summed E-state index contributed by atoms with van der Waals surface area (Å²) in [4.78, 5) is 13.9. The molecular formula is C12H23ClN2O. The van der Waals surface area contributed by atoms with E-state index in [1.807, 2.05) is 6.92 Å². The Morgan fingerprint density at radius 3 is 2.69 bits per heavy atom. The Morgan fingerprint density at radius 1 is 1.50 bits per heavy atom. The molecule has 0 bridgehead atoms. The van der Waals surface area contributed by atoms with Crippen molar-refractivity contribution >= 4 is 17.5 Å². The molecule has 1 heterocycles. The highest BCUT2D eigenvalue weighted by Crippen LogP contribution is 2.15. The van der Waals surface area contributed by atoms with Crippen LogP contribution < -0.4 is 5.32 Å². The first kappa shape index (κ1) is 13.8. The second-order valence-electron chi connectivity index (χ2n) is 4.87. The Hall–Kier alpha value is -0.280. The molecule has 1 atom stereocenters. The molecule has 1 fully saturated rings. The molecule has 94 valence electrons. The second-order valence-corrected chi connectivity index (χ2v) is 5.18. The van der Waals surface area contributed by atoms with Gasteiger partial charge in [-0.15, -0.1) is 11.6 Å². The third-order valence-corrected chi connectivity index (χ3v) is 3.75. The van der Waals surface area contributed by atoms with Crippen molar-refractivity contribution in [1.82, 2.24) is 10.2 Å². The monoisotopic (exact) mass is 246 g/mol. The number of nitrogens with one attached hydrogen (secondary N) is 1. The molecule has 0 saturated carbocycles. The maximum Gasteiger partial charge on any atom is 0.224 e. The van der Waals surface area contributed by atoms with Gasteiger partial charge in [0, 0.05) is 24.9 Å². The summed E-state index contributed by atoms with van der Waals surface area (Å²) in [6, 6.07) is 0. The van der Waals surface area contributed by atoms with Crippen LogP contribution in [0.25, 0.3) is 0 Å². The predicted molar refractivity (Wildman–Crippen MR) is 67.7 cm³/mol. The number of hydrogen-bond acceptors (Lipinski definition) is 2. The number of alkyl halides is 1. The third-order valence-electron chi connectivity index (χ3n) is 3.28. The van der Waals surface area contributed by atoms with Gasteiger partial charge in [-0.1, -0.05) is 13.8 Å². The van der Waals surface area contributed by atoms with Gasteiger partial charge in [0.2, 0.25) is 5.91 Å². The molecule has 0 aromatic heterocycles. The maximum absolute atomic E-state index is 11.5. The van der Waals surface area contributed by atoms with Crippen LogP contribution in [0, 0.1) is 11.8 Å². The highest BCUT2D eigenvalue weighted by Gasteiger charge is 2.16. The molecule has 4 heteroatoms. The van der Waals surface area contributed by atoms with E-state index in [0.29, 0.717) is 5.88 Å². The van der Waals surface area contributed by atoms with E-state index in [1.54, 1.807) is 0 Å². The lowest BCUT2D eigenvalue weighted by Crippen LogP contribution is -2.40. The third kappa shape index (κ3) is 4.71. The normalized spacial score (nSPS) is 20.7. The number of hydrogen-bond donors (Lipinski definition) is 1. The number of nitrogens with zero attached hydrogens (tertiary/aromatic N) is 1. The van der Waals surface area contributed by atoms with Gasteiger partial charge in [-0.05, 0) is 31.8 Å². The minimum Gasteiger partial charge on any atom is -0.355 e. The van der Waals surface area contributed by atoms with Crippen molar-refractivity contribution in [3.8, 4) is 0 Å². The van der Waals surface area contributed by atoms with Gasteiger partial charge in [0.05, 0.1) is 0 Å². The number of carbonyl (C=O) groups excluding carboxylic acids is 1. The van der Waals surface area contributed by atoms with E-state index in [0.717, 1.165) is 19.0 Å². The fourth-order valence-electron chi connectivity index (χ4n) is 1.87. The Labute approximate surface area is 104 Å². The first-order valence-electron chi connectivity index (χ1n) is 6.19. The first-order chi connectivity index (χ1) is 7.63. The average molecular weight is 247 g/mol. The molecule has 0 aliphatic carbocycles. The van der Waals surface area contributed by atoms with Crippen LogP contribution in [-0.4, -0.2) is 42.9 Å². The Balaban J connectivity index is 2.09. The van der Waals surface area contributed by atoms with Crippen LogP contribution in [0.1, 0.15) is 26.7 Å². The van der Waals surface area contributed by atoms with Crippen LogP contribution >= 0.6 is 11.6 Å². The zero-order valence-corrected chi connectivity index (χ0v) is 11.1. The summed E-state index contributed by atoms with van der Waals surface area (Å²) in [5.41, 5.74) is 0. The summed E-state index contributed by atoms with van der Waals surface area (Å²) >= 11 is 5.62. The molecule has 0 spiro atoms. The zero-order chi connectivity index (χ0) is 12.0. The largest absolute Gasteiger partial charge is 0.355 e. The minimum atomic E-state index is -0.0805. The summed E-state index contributed by atoms with van der Waals surface area (Å²) in [7, 11) is 0. The molecule has 16 heavy (non-hydrogen) atoms. The SMILES string of the molecule is CC1CCN(CCNC(=O)C(C)CCl)CC1. The van der Waals surface area contributed by atoms with Crippen molar-refractivity contribution in [2.24, 2.45) is 11.8 Å². The number of piperidine rings is 1. The number of amides is 1. The van der Waals surface area contributed by atoms with Crippen LogP contribution in [0.15, 0.2) is 0 Å². The van der Waals surface area contributed by atoms with Crippen molar-refractivity contribution in [2.45, 2.75) is 26.7 Å². The molecule has 1 saturated heterocycles. The molecule has 1 unspecified atom stereocenters. The van der Waals surface area contributed by atoms with Gasteiger partial charge in [0.1, 0.15) is 0 Å². The van der Waals surface area contributed by atoms with Crippen LogP contribution in [-0.2, 0) is 4.79 Å². The lowest BCUT2D eigenvalue weighted by molar-refractivity contribution is -0.123. The van der Waals surface area contributed by atoms with Gasteiger partial charge >= 0.3 is 0 Å². The standard InChI is InChI=1S/C12H23ClN2O/c1-10-3-6-15(7-4-10)8-5-14-12(16)11(2)9-13/h10-11H,3-9H2,1-2H3,(H,14,16). The molecule has 1 rings (SSSR count). The van der Waals surface area contributed by atoms with Gasteiger partial charge in [0.25, 0.3) is 0 Å². The molecule has 1 amide bonds. The number of carbonyl (C=O) groups is 1. The summed E-state index contributed by atoms with van der Waals surface area (Å²) in [5.74, 6) is 1.25. The van der Waals surface area contributed by atoms with E-state index in [2.05, 4.69) is 17.1 Å². The Kier molecular flexibility index (Phi) is 6.14. The lowest BCUT2D eigenvalue weighted by atomic mass is 9.99. The van der Waals surface area contributed by atoms with Gasteiger partial charge in [0.15, 0.2) is 0 Å². The van der Waals surface area contributed by atoms with E-state index >= 15 is 0 Å². The molecule has 1 N–H and O–H groups in total. The quantitative estimate of drug-likeness (QED) is 0.749. The molecule has 1 aliphatic heterocycles. The van der Waals surface area contributed by atoms with Crippen molar-refractivity contribution in [2.75, 3.05) is 32.1 Å². The molecule has 0 aromatic rings. The van der Waals surface area contributed by atoms with Crippen LogP contribution in [0.4, 0.5) is 0 Å². The van der Waals surface area contributed by atoms with Gasteiger partial charge in [-0.25, -0.2) is 0 Å². The number of halogens is 1. The van der Waals surface area contributed by atoms with Crippen molar-refractivity contribution < 1.29 is 4.79 Å². The fraction of sp³-hybridized carbons (Fsp3) is 0.917. The fourth-order valence-corrected chi connectivity index (χ4v) is 2.01. The minimum absolute atomic E-state index is 0.0698. The number of rotatable bonds is 5. The molecule has 1 aliphatic rings. The van der Waals surface area contributed by atoms with Gasteiger partial charge in [-0.2, -0.15) is 0 Å². The Bertz CT molecular complexity index is 215. The summed E-state index contributed by atoms with van der Waals surface area (Å²) in [6.07, 6.45) is 2.57. The van der Waals surface area contributed by atoms with E-state index < -0.39 is 0 Å². The highest BCUT2D eigenvalue weighted by molar-refractivity contribution is 6.19. The zero-order valence-electron chi connectivity index (χ0n) is 10.3. The summed E-state index contributed by atoms with van der Waals surface area (Å²) in [6.45, 7) is 8.21. The smallest absolute Gasteiger partial charge is 0.224 e. The van der Waals surface area contributed by atoms with E-state index in [9.17, 15) is 4.79 Å². The molecule has 0 radical (unpaired) electrons. The predicted octanol–water partition coefficient (Wildman–Crippen LogP) is 1.71. The topological polar surface area (TPSA) is 32.3 Å². The van der Waals surface area contributed by atoms with E-state index in [-0.39, 0.29) is 11.8 Å². The maximum atomic E-state index is 11.5. The van der Waals surface area contributed by atoms with E-state index in [1.165, 1.54) is 25.9 Å². The second kappa shape index (κ2) is 7.13. The average Bonchev–Trinajstić information content (AvgIpc) is 2.30. The Morgan fingerprint density at radius 2 is 2.12 bits per heavy atom. The summed E-state index contributed by atoms with van der Waals surface area (Å²) in [5, 5.41) is 2.93. The van der Waals surface area contributed by atoms with Crippen molar-refractivity contribution in [3.05, 3.63) is 0 Å². The van der Waals surface area contributed by atoms with E-state index in [4.69, 9.17) is 11.6 Å².